The molecule has 0 aliphatic heterocycles. The molecule has 0 aromatic heterocycles. The molecule has 0 radical (unpaired) electrons. The Morgan fingerprint density at radius 1 is 1.00 bits per heavy atom. The van der Waals surface area contributed by atoms with Crippen molar-refractivity contribution in [2.24, 2.45) is 0 Å². The molecule has 0 unspecified atom stereocenters. The molecule has 0 heterocycles. The third-order valence-electron chi connectivity index (χ3n) is 0. The zero-order valence-electron chi connectivity index (χ0n) is 3.55. The molecule has 0 amide bonds. The summed E-state index contributed by atoms with van der Waals surface area (Å²) in [5.74, 6) is 0. The van der Waals surface area contributed by atoms with Crippen molar-refractivity contribution < 1.29 is 44.0 Å². The molecular formula is H7AsFeO6. The van der Waals surface area contributed by atoms with Crippen LogP contribution < -0.4 is 0 Å². The summed E-state index contributed by atoms with van der Waals surface area (Å²) in [6, 6.07) is 0. The second kappa shape index (κ2) is 7.68. The van der Waals surface area contributed by atoms with E-state index < -0.39 is 14.5 Å². The topological polar surface area (TPSA) is 141 Å². The molecule has 6 nitrogen and oxygen atoms in total. The Morgan fingerprint density at radius 3 is 1.00 bits per heavy atom. The summed E-state index contributed by atoms with van der Waals surface area (Å²) in [6.07, 6.45) is 0. The minimum atomic E-state index is -5.12. The minimum absolute atomic E-state index is 0. The van der Waals surface area contributed by atoms with Crippen LogP contribution in [0.15, 0.2) is 0 Å². The van der Waals surface area contributed by atoms with Crippen molar-refractivity contribution in [3.63, 3.8) is 0 Å². The minimum Gasteiger partial charge on any atom is 0 e. The Morgan fingerprint density at radius 2 is 1.00 bits per heavy atom. The van der Waals surface area contributed by atoms with E-state index in [9.17, 15) is 0 Å². The quantitative estimate of drug-likeness (QED) is 0.369. The fourth-order valence-electron chi connectivity index (χ4n) is 0. The molecule has 0 aliphatic rings. The smallest absolute Gasteiger partial charge is 0 e. The van der Waals surface area contributed by atoms with Gasteiger partial charge in [0.1, 0.15) is 0 Å². The molecule has 8 heteroatoms. The fraction of sp³-hybridized carbons (Fsp3) is 0. The van der Waals surface area contributed by atoms with Crippen molar-refractivity contribution in [1.82, 2.24) is 0 Å². The van der Waals surface area contributed by atoms with Gasteiger partial charge in [0, 0.05) is 17.1 Å². The van der Waals surface area contributed by atoms with E-state index in [1.807, 2.05) is 0 Å². The molecular weight excluding hydrogens is 227 g/mol. The van der Waals surface area contributed by atoms with E-state index in [4.69, 9.17) is 16.0 Å². The second-order valence-corrected chi connectivity index (χ2v) is 2.67. The van der Waals surface area contributed by atoms with Gasteiger partial charge in [-0.15, -0.1) is 0 Å². The fourth-order valence-corrected chi connectivity index (χ4v) is 0. The van der Waals surface area contributed by atoms with Gasteiger partial charge in [-0.25, -0.2) is 0 Å². The van der Waals surface area contributed by atoms with Crippen molar-refractivity contribution >= 4 is 14.5 Å². The predicted octanol–water partition coefficient (Wildman–Crippen LogP) is -3.82. The van der Waals surface area contributed by atoms with Crippen LogP contribution in [0.5, 0.6) is 0 Å². The molecule has 0 fully saturated rings. The second-order valence-electron chi connectivity index (χ2n) is 0.513. The summed E-state index contributed by atoms with van der Waals surface area (Å²) < 4.78 is 30.7. The number of rotatable bonds is 0. The van der Waals surface area contributed by atoms with E-state index in [-0.39, 0.29) is 28.0 Å². The van der Waals surface area contributed by atoms with Gasteiger partial charge in [0.15, 0.2) is 0 Å². The molecule has 0 saturated carbocycles. The van der Waals surface area contributed by atoms with Gasteiger partial charge in [0.2, 0.25) is 0 Å². The zero-order chi connectivity index (χ0) is 4.50. The molecule has 0 rings (SSSR count). The van der Waals surface area contributed by atoms with Crippen LogP contribution in [0.3, 0.4) is 0 Å². The average Bonchev–Trinajstić information content (AvgIpc) is 0.722. The van der Waals surface area contributed by atoms with Gasteiger partial charge in [-0.1, -0.05) is 0 Å². The first-order valence-electron chi connectivity index (χ1n) is 0.783. The van der Waals surface area contributed by atoms with Crippen LogP contribution in [0.2, 0.25) is 0 Å². The molecule has 7 N–H and O–H groups in total. The summed E-state index contributed by atoms with van der Waals surface area (Å²) in [6.45, 7) is 0. The van der Waals surface area contributed by atoms with Crippen molar-refractivity contribution in [3.05, 3.63) is 0 Å². The Labute approximate surface area is 59.0 Å². The maximum Gasteiger partial charge on any atom is 0 e. The van der Waals surface area contributed by atoms with Crippen LogP contribution in [0, 0.1) is 0 Å². The van der Waals surface area contributed by atoms with Crippen molar-refractivity contribution in [2.75, 3.05) is 0 Å². The summed E-state index contributed by atoms with van der Waals surface area (Å²) in [4.78, 5) is 0. The maximum absolute atomic E-state index is 8.94. The summed E-state index contributed by atoms with van der Waals surface area (Å²) in [5.41, 5.74) is 0. The molecule has 0 saturated heterocycles. The van der Waals surface area contributed by atoms with Crippen LogP contribution in [-0.4, -0.2) is 37.8 Å². The van der Waals surface area contributed by atoms with Crippen LogP contribution in [0.25, 0.3) is 0 Å². The van der Waals surface area contributed by atoms with Crippen LogP contribution in [-0.2, 0) is 20.8 Å². The zero-order valence-corrected chi connectivity index (χ0v) is 6.53. The van der Waals surface area contributed by atoms with E-state index >= 15 is 0 Å². The molecule has 0 spiro atoms. The molecule has 0 bridgehead atoms. The van der Waals surface area contributed by atoms with E-state index in [0.29, 0.717) is 0 Å². The Kier molecular flexibility index (Phi) is 22.4. The van der Waals surface area contributed by atoms with E-state index in [2.05, 4.69) is 0 Å². The van der Waals surface area contributed by atoms with Gasteiger partial charge in [-0.3, -0.25) is 0 Å². The SMILES string of the molecule is O.O.O=[As](O)(O)O.[Fe]. The van der Waals surface area contributed by atoms with Gasteiger partial charge in [0.05, 0.1) is 0 Å². The Balaban J connectivity index is -0.0000000267. The summed E-state index contributed by atoms with van der Waals surface area (Å²) in [5, 5.41) is 0. The molecule has 0 aromatic carbocycles. The first-order valence-corrected chi connectivity index (χ1v) is 4.07. The third kappa shape index (κ3) is 468. The molecule has 0 aliphatic carbocycles. The van der Waals surface area contributed by atoms with Crippen LogP contribution in [0.4, 0.5) is 0 Å². The predicted molar refractivity (Wildman–Crippen MR) is 20.3 cm³/mol. The first-order chi connectivity index (χ1) is 2.00. The molecule has 8 heavy (non-hydrogen) atoms. The van der Waals surface area contributed by atoms with Crippen molar-refractivity contribution in [2.45, 2.75) is 0 Å². The normalized spacial score (nSPS) is 7.38. The molecule has 56 valence electrons. The monoisotopic (exact) mass is 234 g/mol. The Hall–Kier alpha value is 0.678. The van der Waals surface area contributed by atoms with Gasteiger partial charge in [-0.05, 0) is 0 Å². The number of hydrogen-bond donors (Lipinski definition) is 3. The average molecular weight is 234 g/mol. The standard InChI is InChI=1S/AsH3O4.Fe.2H2O/c2-1(3,4)5;;;/h(H3,2,3,4,5);;2*1H2. The largest absolute Gasteiger partial charge is 0 e. The van der Waals surface area contributed by atoms with E-state index in [1.165, 1.54) is 0 Å². The van der Waals surface area contributed by atoms with Crippen molar-refractivity contribution in [3.8, 4) is 0 Å². The molecule has 0 atom stereocenters. The molecule has 0 aromatic rings. The van der Waals surface area contributed by atoms with Gasteiger partial charge < -0.3 is 11.0 Å². The van der Waals surface area contributed by atoms with Gasteiger partial charge in [0.25, 0.3) is 0 Å². The maximum atomic E-state index is 8.94. The van der Waals surface area contributed by atoms with E-state index in [1.54, 1.807) is 0 Å². The van der Waals surface area contributed by atoms with Crippen LogP contribution >= 0.6 is 0 Å². The first kappa shape index (κ1) is 23.4. The van der Waals surface area contributed by atoms with Crippen LogP contribution in [0.1, 0.15) is 0 Å². The van der Waals surface area contributed by atoms with E-state index in [0.717, 1.165) is 0 Å². The summed E-state index contributed by atoms with van der Waals surface area (Å²) >= 11 is -5.12. The van der Waals surface area contributed by atoms with Gasteiger partial charge >= 0.3 is 30.5 Å². The van der Waals surface area contributed by atoms with Gasteiger partial charge in [-0.2, -0.15) is 0 Å². The third-order valence-corrected chi connectivity index (χ3v) is 0. The van der Waals surface area contributed by atoms with Crippen molar-refractivity contribution in [1.29, 1.82) is 0 Å². The number of hydrogen-bond acceptors (Lipinski definition) is 1. The Bertz CT molecular complexity index is 54.7. The summed E-state index contributed by atoms with van der Waals surface area (Å²) in [7, 11) is 0.